The Morgan fingerprint density at radius 3 is 2.71 bits per heavy atom. The van der Waals surface area contributed by atoms with Gasteiger partial charge in [0.2, 0.25) is 0 Å². The summed E-state index contributed by atoms with van der Waals surface area (Å²) >= 11 is 3.02. The van der Waals surface area contributed by atoms with E-state index in [4.69, 9.17) is 10.2 Å². The fourth-order valence-corrected chi connectivity index (χ4v) is 1.40. The fraction of sp³-hybridized carbons (Fsp3) is 0.222. The number of rotatable bonds is 3. The van der Waals surface area contributed by atoms with Crippen molar-refractivity contribution in [3.05, 3.63) is 28.0 Å². The van der Waals surface area contributed by atoms with Crippen LogP contribution in [0.15, 0.2) is 16.6 Å². The zero-order valence-electron chi connectivity index (χ0n) is 7.13. The molecule has 1 aromatic rings. The molecule has 5 heteroatoms. The number of hydrogen-bond acceptors (Lipinski definition) is 2. The van der Waals surface area contributed by atoms with Gasteiger partial charge in [0, 0.05) is 12.5 Å². The third kappa shape index (κ3) is 2.70. The van der Waals surface area contributed by atoms with E-state index in [0.717, 1.165) is 6.07 Å². The monoisotopic (exact) mass is 262 g/mol. The average molecular weight is 263 g/mol. The summed E-state index contributed by atoms with van der Waals surface area (Å²) < 4.78 is 13.5. The lowest BCUT2D eigenvalue weighted by Crippen LogP contribution is -1.99. The number of hydrogen-bond donors (Lipinski definition) is 2. The Morgan fingerprint density at radius 1 is 1.50 bits per heavy atom. The van der Waals surface area contributed by atoms with E-state index >= 15 is 0 Å². The Hall–Kier alpha value is -1.10. The van der Waals surface area contributed by atoms with Gasteiger partial charge in [0.15, 0.2) is 0 Å². The Bertz CT molecular complexity index is 365. The van der Waals surface area contributed by atoms with Crippen molar-refractivity contribution in [2.24, 2.45) is 0 Å². The maximum Gasteiger partial charge on any atom is 0.303 e. The second-order valence-corrected chi connectivity index (χ2v) is 3.64. The zero-order valence-corrected chi connectivity index (χ0v) is 8.71. The van der Waals surface area contributed by atoms with Crippen molar-refractivity contribution in [3.8, 4) is 5.75 Å². The summed E-state index contributed by atoms with van der Waals surface area (Å²) in [6, 6.07) is 2.34. The van der Waals surface area contributed by atoms with Crippen LogP contribution in [0.5, 0.6) is 5.75 Å². The third-order valence-corrected chi connectivity index (χ3v) is 2.36. The molecule has 0 heterocycles. The van der Waals surface area contributed by atoms with Crippen molar-refractivity contribution >= 4 is 21.9 Å². The molecule has 1 rings (SSSR count). The quantitative estimate of drug-likeness (QED) is 0.879. The molecule has 0 aliphatic rings. The second-order valence-electron chi connectivity index (χ2n) is 2.79. The van der Waals surface area contributed by atoms with Crippen LogP contribution in [-0.2, 0) is 11.2 Å². The van der Waals surface area contributed by atoms with Crippen LogP contribution in [0.2, 0.25) is 0 Å². The highest BCUT2D eigenvalue weighted by Crippen LogP contribution is 2.27. The predicted molar refractivity (Wildman–Crippen MR) is 51.7 cm³/mol. The number of benzene rings is 1. The van der Waals surface area contributed by atoms with Crippen molar-refractivity contribution in [1.29, 1.82) is 0 Å². The Kier molecular flexibility index (Phi) is 3.46. The third-order valence-electron chi connectivity index (χ3n) is 1.72. The molecule has 0 saturated heterocycles. The molecule has 14 heavy (non-hydrogen) atoms. The van der Waals surface area contributed by atoms with E-state index in [1.807, 2.05) is 0 Å². The van der Waals surface area contributed by atoms with Crippen LogP contribution in [0.3, 0.4) is 0 Å². The van der Waals surface area contributed by atoms with E-state index < -0.39 is 11.8 Å². The van der Waals surface area contributed by atoms with Crippen molar-refractivity contribution in [3.63, 3.8) is 0 Å². The van der Waals surface area contributed by atoms with Crippen molar-refractivity contribution in [2.45, 2.75) is 12.8 Å². The Morgan fingerprint density at radius 2 is 2.14 bits per heavy atom. The van der Waals surface area contributed by atoms with Crippen molar-refractivity contribution < 1.29 is 19.4 Å². The summed E-state index contributed by atoms with van der Waals surface area (Å²) in [5.74, 6) is -1.76. The highest BCUT2D eigenvalue weighted by molar-refractivity contribution is 9.10. The molecule has 0 fully saturated rings. The van der Waals surface area contributed by atoms with Gasteiger partial charge in [-0.3, -0.25) is 4.79 Å². The number of aliphatic carboxylic acids is 1. The van der Waals surface area contributed by atoms with Gasteiger partial charge in [-0.1, -0.05) is 0 Å². The topological polar surface area (TPSA) is 57.5 Å². The molecule has 1 aromatic carbocycles. The molecule has 0 aliphatic carbocycles. The molecule has 0 aromatic heterocycles. The Balaban J connectivity index is 2.87. The Labute approximate surface area is 88.3 Å². The minimum absolute atomic E-state index is 0.111. The lowest BCUT2D eigenvalue weighted by atomic mass is 10.1. The van der Waals surface area contributed by atoms with E-state index in [1.54, 1.807) is 0 Å². The van der Waals surface area contributed by atoms with Crippen LogP contribution < -0.4 is 0 Å². The molecule has 0 atom stereocenters. The first-order valence-electron chi connectivity index (χ1n) is 3.89. The zero-order chi connectivity index (χ0) is 10.7. The van der Waals surface area contributed by atoms with E-state index in [1.165, 1.54) is 6.07 Å². The highest BCUT2D eigenvalue weighted by atomic mass is 79.9. The maximum absolute atomic E-state index is 13.1. The van der Waals surface area contributed by atoms with E-state index in [0.29, 0.717) is 4.47 Å². The first-order chi connectivity index (χ1) is 6.50. The number of aryl methyl sites for hydroxylation is 1. The predicted octanol–water partition coefficient (Wildman–Crippen LogP) is 2.31. The van der Waals surface area contributed by atoms with Crippen LogP contribution in [0.4, 0.5) is 4.39 Å². The largest absolute Gasteiger partial charge is 0.507 e. The summed E-state index contributed by atoms with van der Waals surface area (Å²) in [5, 5.41) is 17.5. The summed E-state index contributed by atoms with van der Waals surface area (Å²) in [4.78, 5) is 10.3. The molecule has 0 unspecified atom stereocenters. The molecular weight excluding hydrogens is 255 g/mol. The molecule has 3 nitrogen and oxygen atoms in total. The van der Waals surface area contributed by atoms with Crippen LogP contribution in [0.25, 0.3) is 0 Å². The first-order valence-corrected chi connectivity index (χ1v) is 4.68. The standard InChI is InChI=1S/C9H8BrFO3/c10-6-3-5(1-2-9(13)14)7(11)4-8(6)12/h3-4,12H,1-2H2,(H,13,14). The molecule has 76 valence electrons. The molecular formula is C9H8BrFO3. The number of carboxylic acid groups (broad SMARTS) is 1. The van der Waals surface area contributed by atoms with Gasteiger partial charge in [0.25, 0.3) is 0 Å². The van der Waals surface area contributed by atoms with E-state index in [-0.39, 0.29) is 24.2 Å². The normalized spacial score (nSPS) is 10.1. The molecule has 0 saturated carbocycles. The van der Waals surface area contributed by atoms with Crippen LogP contribution in [0.1, 0.15) is 12.0 Å². The molecule has 0 amide bonds. The van der Waals surface area contributed by atoms with Crippen LogP contribution in [0, 0.1) is 5.82 Å². The summed E-state index contributed by atoms with van der Waals surface area (Å²) in [6.07, 6.45) is -0.0197. The first kappa shape index (κ1) is 11.0. The molecule has 0 radical (unpaired) electrons. The minimum atomic E-state index is -0.978. The molecule has 0 aliphatic heterocycles. The number of aromatic hydroxyl groups is 1. The molecule has 2 N–H and O–H groups in total. The summed E-state index contributed by atoms with van der Waals surface area (Å²) in [6.45, 7) is 0. The maximum atomic E-state index is 13.1. The van der Waals surface area contributed by atoms with Gasteiger partial charge in [-0.15, -0.1) is 0 Å². The smallest absolute Gasteiger partial charge is 0.303 e. The van der Waals surface area contributed by atoms with Gasteiger partial charge >= 0.3 is 5.97 Å². The highest BCUT2D eigenvalue weighted by Gasteiger charge is 2.08. The van der Waals surface area contributed by atoms with Crippen molar-refractivity contribution in [2.75, 3.05) is 0 Å². The van der Waals surface area contributed by atoms with Gasteiger partial charge < -0.3 is 10.2 Å². The van der Waals surface area contributed by atoms with Gasteiger partial charge in [-0.25, -0.2) is 4.39 Å². The summed E-state index contributed by atoms with van der Waals surface area (Å²) in [7, 11) is 0. The minimum Gasteiger partial charge on any atom is -0.507 e. The summed E-state index contributed by atoms with van der Waals surface area (Å²) in [5.41, 5.74) is 0.275. The number of carbonyl (C=O) groups is 1. The van der Waals surface area contributed by atoms with Crippen molar-refractivity contribution in [1.82, 2.24) is 0 Å². The van der Waals surface area contributed by atoms with Gasteiger partial charge in [0.05, 0.1) is 4.47 Å². The number of carboxylic acids is 1. The molecule has 0 spiro atoms. The number of phenolic OH excluding ortho intramolecular Hbond substituents is 1. The van der Waals surface area contributed by atoms with Gasteiger partial charge in [0.1, 0.15) is 11.6 Å². The van der Waals surface area contributed by atoms with Gasteiger partial charge in [-0.2, -0.15) is 0 Å². The number of phenols is 1. The van der Waals surface area contributed by atoms with Gasteiger partial charge in [-0.05, 0) is 34.0 Å². The van der Waals surface area contributed by atoms with E-state index in [2.05, 4.69) is 15.9 Å². The SMILES string of the molecule is O=C(O)CCc1cc(Br)c(O)cc1F. The second kappa shape index (κ2) is 4.41. The fourth-order valence-electron chi connectivity index (χ4n) is 1.01. The number of halogens is 2. The van der Waals surface area contributed by atoms with Crippen LogP contribution >= 0.6 is 15.9 Å². The lowest BCUT2D eigenvalue weighted by Gasteiger charge is -2.03. The van der Waals surface area contributed by atoms with E-state index in [9.17, 15) is 9.18 Å². The average Bonchev–Trinajstić information content (AvgIpc) is 2.09. The lowest BCUT2D eigenvalue weighted by molar-refractivity contribution is -0.136. The molecule has 0 bridgehead atoms. The van der Waals surface area contributed by atoms with Crippen LogP contribution in [-0.4, -0.2) is 16.2 Å².